The number of aliphatic hydroxyl groups is 1. The van der Waals surface area contributed by atoms with Gasteiger partial charge >= 0.3 is 0 Å². The molecule has 68 valence electrons. The van der Waals surface area contributed by atoms with E-state index >= 15 is 0 Å². The predicted molar refractivity (Wildman–Crippen MR) is 56.7 cm³/mol. The fourth-order valence-electron chi connectivity index (χ4n) is 1.07. The van der Waals surface area contributed by atoms with E-state index in [9.17, 15) is 0 Å². The van der Waals surface area contributed by atoms with Crippen LogP contribution in [0.4, 0.5) is 0 Å². The highest BCUT2D eigenvalue weighted by molar-refractivity contribution is 8.31. The highest BCUT2D eigenvalue weighted by Gasteiger charge is 2.09. The van der Waals surface area contributed by atoms with Crippen LogP contribution in [0.25, 0.3) is 0 Å². The first-order valence-electron chi connectivity index (χ1n) is 3.97. The lowest BCUT2D eigenvalue weighted by Gasteiger charge is -2.28. The number of hydrogen-bond donors (Lipinski definition) is 1. The van der Waals surface area contributed by atoms with Crippen molar-refractivity contribution in [2.45, 2.75) is 5.75 Å². The minimum absolute atomic E-state index is 0.321. The van der Waals surface area contributed by atoms with Gasteiger partial charge in [0.15, 0.2) is 0 Å². The molecule has 0 fully saturated rings. The Labute approximate surface area is 75.7 Å². The van der Waals surface area contributed by atoms with Gasteiger partial charge in [-0.3, -0.25) is 0 Å². The zero-order valence-corrected chi connectivity index (χ0v) is 8.47. The van der Waals surface area contributed by atoms with Crippen molar-refractivity contribution in [1.29, 1.82) is 0 Å². The summed E-state index contributed by atoms with van der Waals surface area (Å²) in [6, 6.07) is 10.3. The summed E-state index contributed by atoms with van der Waals surface area (Å²) in [5, 5.41) is 9.09. The maximum atomic E-state index is 9.09. The van der Waals surface area contributed by atoms with Crippen molar-refractivity contribution in [3.63, 3.8) is 0 Å². The maximum absolute atomic E-state index is 9.09. The van der Waals surface area contributed by atoms with Crippen molar-refractivity contribution < 1.29 is 5.11 Å². The SMILES string of the molecule is CS(C)(CO)Cc1ccccc1. The Morgan fingerprint density at radius 3 is 2.25 bits per heavy atom. The monoisotopic (exact) mass is 184 g/mol. The zero-order chi connectivity index (χ0) is 9.03. The van der Waals surface area contributed by atoms with Crippen LogP contribution in [0.2, 0.25) is 0 Å². The Morgan fingerprint density at radius 1 is 1.17 bits per heavy atom. The molecule has 0 aliphatic rings. The van der Waals surface area contributed by atoms with Gasteiger partial charge in [0, 0.05) is 5.75 Å². The molecule has 1 aromatic rings. The second-order valence-corrected chi connectivity index (χ2v) is 7.61. The van der Waals surface area contributed by atoms with E-state index in [4.69, 9.17) is 5.11 Å². The lowest BCUT2D eigenvalue weighted by Crippen LogP contribution is -2.03. The van der Waals surface area contributed by atoms with E-state index in [2.05, 4.69) is 24.6 Å². The van der Waals surface area contributed by atoms with Crippen LogP contribution in [-0.2, 0) is 5.75 Å². The summed E-state index contributed by atoms with van der Waals surface area (Å²) in [6.45, 7) is 0. The third-order valence-corrected chi connectivity index (χ3v) is 3.56. The van der Waals surface area contributed by atoms with E-state index in [1.807, 2.05) is 18.2 Å². The predicted octanol–water partition coefficient (Wildman–Crippen LogP) is 2.20. The lowest BCUT2D eigenvalue weighted by atomic mass is 10.2. The van der Waals surface area contributed by atoms with Crippen LogP contribution in [0.1, 0.15) is 5.56 Å². The van der Waals surface area contributed by atoms with Crippen molar-refractivity contribution in [2.75, 3.05) is 18.5 Å². The molecule has 0 radical (unpaired) electrons. The first-order valence-corrected chi connectivity index (χ1v) is 6.76. The molecule has 0 spiro atoms. The van der Waals surface area contributed by atoms with Crippen LogP contribution in [0.15, 0.2) is 30.3 Å². The molecule has 1 nitrogen and oxygen atoms in total. The normalized spacial score (nSPS) is 12.9. The van der Waals surface area contributed by atoms with Crippen molar-refractivity contribution in [2.24, 2.45) is 0 Å². The van der Waals surface area contributed by atoms with Gasteiger partial charge in [-0.2, -0.15) is 0 Å². The van der Waals surface area contributed by atoms with E-state index in [-0.39, 0.29) is 0 Å². The average Bonchev–Trinajstić information content (AvgIpc) is 2.06. The van der Waals surface area contributed by atoms with Gasteiger partial charge in [0.2, 0.25) is 0 Å². The van der Waals surface area contributed by atoms with Gasteiger partial charge in [0.05, 0.1) is 5.94 Å². The van der Waals surface area contributed by atoms with Gasteiger partial charge in [-0.05, 0) is 18.1 Å². The van der Waals surface area contributed by atoms with E-state index in [0.717, 1.165) is 5.75 Å². The molecule has 0 heterocycles. The minimum atomic E-state index is -0.817. The zero-order valence-electron chi connectivity index (χ0n) is 7.66. The van der Waals surface area contributed by atoms with E-state index in [1.165, 1.54) is 5.56 Å². The molecular weight excluding hydrogens is 168 g/mol. The summed E-state index contributed by atoms with van der Waals surface area (Å²) in [5.74, 6) is 1.34. The number of rotatable bonds is 3. The molecule has 1 aromatic carbocycles. The number of benzene rings is 1. The third-order valence-electron chi connectivity index (χ3n) is 1.75. The fraction of sp³-hybridized carbons (Fsp3) is 0.400. The lowest BCUT2D eigenvalue weighted by molar-refractivity contribution is 0.371. The highest BCUT2D eigenvalue weighted by Crippen LogP contribution is 2.41. The first-order chi connectivity index (χ1) is 5.64. The molecule has 1 N–H and O–H groups in total. The molecule has 12 heavy (non-hydrogen) atoms. The first kappa shape index (κ1) is 9.62. The smallest absolute Gasteiger partial charge is 0.0733 e. The second kappa shape index (κ2) is 3.97. The van der Waals surface area contributed by atoms with E-state index < -0.39 is 10.0 Å². The van der Waals surface area contributed by atoms with E-state index in [0.29, 0.717) is 5.94 Å². The van der Waals surface area contributed by atoms with Gasteiger partial charge < -0.3 is 5.11 Å². The molecule has 0 aromatic heterocycles. The number of hydrogen-bond acceptors (Lipinski definition) is 1. The quantitative estimate of drug-likeness (QED) is 0.763. The largest absolute Gasteiger partial charge is 0.387 e. The summed E-state index contributed by atoms with van der Waals surface area (Å²) >= 11 is 0. The van der Waals surface area contributed by atoms with Crippen molar-refractivity contribution >= 4 is 10.0 Å². The van der Waals surface area contributed by atoms with Crippen LogP contribution in [0.3, 0.4) is 0 Å². The highest BCUT2D eigenvalue weighted by atomic mass is 32.3. The van der Waals surface area contributed by atoms with Crippen molar-refractivity contribution in [3.05, 3.63) is 35.9 Å². The van der Waals surface area contributed by atoms with Gasteiger partial charge in [-0.15, -0.1) is 0 Å². The molecule has 0 unspecified atom stereocenters. The summed E-state index contributed by atoms with van der Waals surface area (Å²) in [4.78, 5) is 0. The Kier molecular flexibility index (Phi) is 3.18. The molecule has 0 aliphatic carbocycles. The van der Waals surface area contributed by atoms with Crippen LogP contribution >= 0.6 is 10.0 Å². The third kappa shape index (κ3) is 2.88. The van der Waals surface area contributed by atoms with Crippen LogP contribution < -0.4 is 0 Å². The summed E-state index contributed by atoms with van der Waals surface area (Å²) in [6.07, 6.45) is 4.31. The molecule has 0 bridgehead atoms. The molecule has 0 amide bonds. The van der Waals surface area contributed by atoms with Crippen LogP contribution in [-0.4, -0.2) is 23.6 Å². The molecular formula is C10H16OS. The average molecular weight is 184 g/mol. The van der Waals surface area contributed by atoms with E-state index in [1.54, 1.807) is 0 Å². The van der Waals surface area contributed by atoms with Crippen LogP contribution in [0, 0.1) is 0 Å². The van der Waals surface area contributed by atoms with Crippen LogP contribution in [0.5, 0.6) is 0 Å². The van der Waals surface area contributed by atoms with Gasteiger partial charge in [0.1, 0.15) is 0 Å². The molecule has 0 atom stereocenters. The molecule has 0 saturated carbocycles. The summed E-state index contributed by atoms with van der Waals surface area (Å²) in [5.41, 5.74) is 1.33. The topological polar surface area (TPSA) is 20.2 Å². The minimum Gasteiger partial charge on any atom is -0.387 e. The van der Waals surface area contributed by atoms with Crippen molar-refractivity contribution in [1.82, 2.24) is 0 Å². The van der Waals surface area contributed by atoms with Gasteiger partial charge in [0.25, 0.3) is 0 Å². The second-order valence-electron chi connectivity index (χ2n) is 3.53. The summed E-state index contributed by atoms with van der Waals surface area (Å²) in [7, 11) is -0.817. The van der Waals surface area contributed by atoms with Gasteiger partial charge in [-0.1, -0.05) is 30.3 Å². The standard InChI is InChI=1S/C10H16OS/c1-12(2,9-11)8-10-6-4-3-5-7-10/h3-7,11H,8-9H2,1-2H3. The summed E-state index contributed by atoms with van der Waals surface area (Å²) < 4.78 is 0. The number of aliphatic hydroxyl groups excluding tert-OH is 1. The molecule has 0 aliphatic heterocycles. The Bertz CT molecular complexity index is 231. The van der Waals surface area contributed by atoms with Crippen molar-refractivity contribution in [3.8, 4) is 0 Å². The fourth-order valence-corrected chi connectivity index (χ4v) is 2.26. The molecule has 0 saturated heterocycles. The Hall–Kier alpha value is -0.470. The Morgan fingerprint density at radius 2 is 1.75 bits per heavy atom. The molecule has 2 heteroatoms. The molecule has 1 rings (SSSR count). The maximum Gasteiger partial charge on any atom is 0.0733 e. The Balaban J connectivity index is 2.64. The van der Waals surface area contributed by atoms with Gasteiger partial charge in [-0.25, -0.2) is 10.0 Å².